The maximum absolute atomic E-state index is 5.05. The number of hydrogen-bond donors (Lipinski definition) is 0. The van der Waals surface area contributed by atoms with Gasteiger partial charge in [-0.05, 0) is 31.5 Å². The third-order valence-electron chi connectivity index (χ3n) is 6.50. The minimum absolute atomic E-state index is 0.633. The van der Waals surface area contributed by atoms with Crippen molar-refractivity contribution in [3.05, 3.63) is 12.4 Å². The summed E-state index contributed by atoms with van der Waals surface area (Å²) >= 11 is 3.87. The molecule has 2 aromatic rings. The Labute approximate surface area is 197 Å². The van der Waals surface area contributed by atoms with E-state index in [1.165, 1.54) is 18.4 Å². The maximum atomic E-state index is 5.05. The molecule has 2 rings (SSSR count). The second kappa shape index (κ2) is 9.84. The van der Waals surface area contributed by atoms with Crippen LogP contribution in [0.25, 0.3) is 9.75 Å². The van der Waals surface area contributed by atoms with E-state index in [1.807, 2.05) is 22.7 Å². The highest BCUT2D eigenvalue weighted by atomic mass is 32.3. The van der Waals surface area contributed by atoms with Crippen LogP contribution in [0.3, 0.4) is 0 Å². The molecule has 0 aliphatic carbocycles. The molecule has 0 atom stereocenters. The first-order valence-corrected chi connectivity index (χ1v) is 16.6. The molecule has 0 N–H and O–H groups in total. The van der Waals surface area contributed by atoms with E-state index in [2.05, 4.69) is 95.5 Å². The molecule has 0 aromatic carbocycles. The van der Waals surface area contributed by atoms with Crippen molar-refractivity contribution in [3.63, 3.8) is 0 Å². The summed E-state index contributed by atoms with van der Waals surface area (Å²) in [6.07, 6.45) is 4.26. The molecule has 30 heavy (non-hydrogen) atoms. The van der Waals surface area contributed by atoms with Gasteiger partial charge in [0.15, 0.2) is 0 Å². The maximum Gasteiger partial charge on any atom is 0.134 e. The van der Waals surface area contributed by atoms with Gasteiger partial charge in [0, 0.05) is 12.4 Å². The summed E-state index contributed by atoms with van der Waals surface area (Å²) in [7, 11) is -1.95. The molecule has 0 fully saturated rings. The van der Waals surface area contributed by atoms with Crippen LogP contribution in [-0.2, 0) is 0 Å². The molecule has 0 spiro atoms. The van der Waals surface area contributed by atoms with Crippen molar-refractivity contribution < 1.29 is 0 Å². The van der Waals surface area contributed by atoms with E-state index < -0.39 is 20.1 Å². The van der Waals surface area contributed by atoms with Gasteiger partial charge in [-0.25, -0.2) is 9.97 Å². The van der Waals surface area contributed by atoms with E-state index in [4.69, 9.17) is 9.97 Å². The average molecular weight is 489 g/mol. The minimum atomic E-state index is -0.977. The van der Waals surface area contributed by atoms with Crippen molar-refractivity contribution in [2.24, 2.45) is 0 Å². The van der Waals surface area contributed by atoms with Crippen LogP contribution in [0.1, 0.15) is 83.1 Å². The van der Waals surface area contributed by atoms with Crippen LogP contribution in [0.2, 0.25) is 0 Å². The largest absolute Gasteiger partial charge is 0.239 e. The zero-order valence-electron chi connectivity index (χ0n) is 21.1. The predicted molar refractivity (Wildman–Crippen MR) is 146 cm³/mol. The molecule has 0 saturated heterocycles. The molecular formula is C24H44N2S4. The minimum Gasteiger partial charge on any atom is -0.239 e. The molecule has 2 heterocycles. The molecule has 6 heteroatoms. The highest BCUT2D eigenvalue weighted by molar-refractivity contribution is 8.36. The molecule has 2 aromatic heterocycles. The summed E-state index contributed by atoms with van der Waals surface area (Å²) in [5.74, 6) is 0. The monoisotopic (exact) mass is 488 g/mol. The number of aromatic nitrogens is 2. The van der Waals surface area contributed by atoms with E-state index in [-0.39, 0.29) is 0 Å². The second-order valence-corrected chi connectivity index (χ2v) is 21.9. The summed E-state index contributed by atoms with van der Waals surface area (Å²) in [4.78, 5) is 12.7. The van der Waals surface area contributed by atoms with Gasteiger partial charge in [0.2, 0.25) is 0 Å². The Kier molecular flexibility index (Phi) is 8.60. The first-order valence-electron chi connectivity index (χ1n) is 11.4. The summed E-state index contributed by atoms with van der Waals surface area (Å²) in [5.41, 5.74) is 0. The van der Waals surface area contributed by atoms with Gasteiger partial charge in [0.05, 0.1) is 9.75 Å². The van der Waals surface area contributed by atoms with Crippen LogP contribution in [-0.4, -0.2) is 41.5 Å². The summed E-state index contributed by atoms with van der Waals surface area (Å²) in [5, 5.41) is 3.80. The zero-order valence-corrected chi connectivity index (χ0v) is 24.4. The molecule has 0 aliphatic rings. The van der Waals surface area contributed by atoms with Gasteiger partial charge in [0.1, 0.15) is 8.68 Å². The molecule has 0 amide bonds. The van der Waals surface area contributed by atoms with Crippen molar-refractivity contribution in [1.29, 1.82) is 0 Å². The molecule has 0 bridgehead atoms. The topological polar surface area (TPSA) is 25.8 Å². The van der Waals surface area contributed by atoms with E-state index in [0.717, 1.165) is 0 Å². The molecule has 0 saturated carbocycles. The quantitative estimate of drug-likeness (QED) is 0.352. The van der Waals surface area contributed by atoms with Crippen molar-refractivity contribution in [2.75, 3.05) is 0 Å². The summed E-state index contributed by atoms with van der Waals surface area (Å²) in [6, 6.07) is 0. The number of nitrogens with zero attached hydrogens (tertiary/aromatic N) is 2. The van der Waals surface area contributed by atoms with Gasteiger partial charge < -0.3 is 0 Å². The summed E-state index contributed by atoms with van der Waals surface area (Å²) in [6.45, 7) is 28.7. The van der Waals surface area contributed by atoms with Crippen LogP contribution in [0.5, 0.6) is 0 Å². The Morgan fingerprint density at radius 1 is 0.500 bits per heavy atom. The van der Waals surface area contributed by atoms with Crippen LogP contribution in [0.15, 0.2) is 21.1 Å². The molecule has 0 unspecified atom stereocenters. The lowest BCUT2D eigenvalue weighted by molar-refractivity contribution is 0.928. The average Bonchev–Trinajstić information content (AvgIpc) is 3.23. The van der Waals surface area contributed by atoms with Gasteiger partial charge in [-0.3, -0.25) is 0 Å². The van der Waals surface area contributed by atoms with Crippen molar-refractivity contribution in [3.8, 4) is 9.75 Å². The fourth-order valence-electron chi connectivity index (χ4n) is 5.55. The lowest BCUT2D eigenvalue weighted by Crippen LogP contribution is -2.28. The Morgan fingerprint density at radius 3 is 0.933 bits per heavy atom. The van der Waals surface area contributed by atoms with E-state index in [0.29, 0.717) is 31.5 Å². The molecule has 2 nitrogen and oxygen atoms in total. The van der Waals surface area contributed by atoms with E-state index >= 15 is 0 Å². The van der Waals surface area contributed by atoms with Gasteiger partial charge in [0.25, 0.3) is 0 Å². The van der Waals surface area contributed by atoms with E-state index in [9.17, 15) is 0 Å². The van der Waals surface area contributed by atoms with E-state index in [1.54, 1.807) is 0 Å². The molecule has 174 valence electrons. The third-order valence-corrected chi connectivity index (χ3v) is 21.3. The SMILES string of the molecule is CC(C)S(c1ncc(-c2cnc(S(C(C)C)(C(C)C)C(C)C)s2)s1)(C(C)C)C(C)C. The van der Waals surface area contributed by atoms with Gasteiger partial charge >= 0.3 is 0 Å². The highest BCUT2D eigenvalue weighted by Crippen LogP contribution is 2.69. The molecular weight excluding hydrogens is 445 g/mol. The van der Waals surface area contributed by atoms with Crippen molar-refractivity contribution in [1.82, 2.24) is 9.97 Å². The second-order valence-electron chi connectivity index (χ2n) is 9.80. The molecule has 0 radical (unpaired) electrons. The third kappa shape index (κ3) is 4.15. The zero-order chi connectivity index (χ0) is 23.0. The normalized spacial score (nSPS) is 14.9. The highest BCUT2D eigenvalue weighted by Gasteiger charge is 2.40. The van der Waals surface area contributed by atoms with Gasteiger partial charge in [-0.15, -0.1) is 22.7 Å². The van der Waals surface area contributed by atoms with Gasteiger partial charge in [-0.2, -0.15) is 20.1 Å². The lowest BCUT2D eigenvalue weighted by atomic mass is 10.5. The van der Waals surface area contributed by atoms with Crippen LogP contribution >= 0.6 is 42.7 Å². The van der Waals surface area contributed by atoms with Crippen LogP contribution in [0.4, 0.5) is 0 Å². The Morgan fingerprint density at radius 2 is 0.733 bits per heavy atom. The fourth-order valence-corrected chi connectivity index (χ4v) is 21.5. The first-order chi connectivity index (χ1) is 13.8. The Balaban J connectivity index is 2.55. The van der Waals surface area contributed by atoms with Crippen LogP contribution in [0, 0.1) is 0 Å². The Bertz CT molecular complexity index is 703. The first kappa shape index (κ1) is 26.2. The molecule has 0 aliphatic heterocycles. The van der Waals surface area contributed by atoms with Crippen molar-refractivity contribution >= 4 is 42.7 Å². The predicted octanol–water partition coefficient (Wildman–Crippen LogP) is 9.04. The fraction of sp³-hybridized carbons (Fsp3) is 0.750. The summed E-state index contributed by atoms with van der Waals surface area (Å²) < 4.78 is 2.75. The Hall–Kier alpha value is -0.0400. The van der Waals surface area contributed by atoms with Crippen LogP contribution < -0.4 is 0 Å². The van der Waals surface area contributed by atoms with Crippen molar-refractivity contribution in [2.45, 2.75) is 123 Å². The smallest absolute Gasteiger partial charge is 0.134 e. The number of thiazole rings is 2. The van der Waals surface area contributed by atoms with Gasteiger partial charge in [-0.1, -0.05) is 83.1 Å². The lowest BCUT2D eigenvalue weighted by Gasteiger charge is -2.49. The number of rotatable bonds is 9. The standard InChI is InChI=1S/C24H44N2S4/c1-15(2)29(16(3)4,17(5)6)23-25-13-21(27-23)22-14-26-24(28-22)30(18(7)8,19(9)10)20(11)12/h13-20H,1-12H3. The number of hydrogen-bond acceptors (Lipinski definition) is 4.